The summed E-state index contributed by atoms with van der Waals surface area (Å²) in [6, 6.07) is 11.1. The molecule has 1 amide bonds. The molecule has 2 aromatic rings. The van der Waals surface area contributed by atoms with Crippen LogP contribution in [0.3, 0.4) is 0 Å². The number of allylic oxidation sites excluding steroid dienone is 1. The van der Waals surface area contributed by atoms with E-state index in [-0.39, 0.29) is 24.1 Å². The van der Waals surface area contributed by atoms with E-state index in [0.717, 1.165) is 5.56 Å². The largest absolute Gasteiger partial charge is 0.497 e. The monoisotopic (exact) mass is 423 g/mol. The number of hydrogen-bond donors (Lipinski definition) is 1. The first-order valence-corrected chi connectivity index (χ1v) is 9.83. The number of aliphatic carboxylic acids is 1. The van der Waals surface area contributed by atoms with Crippen LogP contribution in [0.25, 0.3) is 6.08 Å². The van der Waals surface area contributed by atoms with E-state index < -0.39 is 12.0 Å². The van der Waals surface area contributed by atoms with E-state index in [4.69, 9.17) is 14.2 Å². The second-order valence-electron chi connectivity index (χ2n) is 7.25. The fraction of sp³-hybridized carbons (Fsp3) is 0.261. The Balaban J connectivity index is 1.44. The van der Waals surface area contributed by atoms with Crippen LogP contribution in [0.1, 0.15) is 28.8 Å². The molecular formula is C23H21NO7. The predicted octanol–water partition coefficient (Wildman–Crippen LogP) is 2.77. The van der Waals surface area contributed by atoms with Crippen molar-refractivity contribution in [3.05, 3.63) is 59.4 Å². The van der Waals surface area contributed by atoms with Gasteiger partial charge in [-0.25, -0.2) is 4.79 Å². The number of hydrogen-bond acceptors (Lipinski definition) is 6. The lowest BCUT2D eigenvalue weighted by Gasteiger charge is -2.21. The number of carbonyl (C=O) groups is 3. The molecule has 31 heavy (non-hydrogen) atoms. The lowest BCUT2D eigenvalue weighted by molar-refractivity contribution is -0.148. The number of amides is 1. The van der Waals surface area contributed by atoms with Crippen LogP contribution in [0.5, 0.6) is 17.2 Å². The molecule has 1 atom stereocenters. The SMILES string of the molecule is COc1cccc(C=C2Oc3cc(OCC(=O)N4CCCC4C(=O)O)ccc3C2=O)c1. The molecule has 1 saturated heterocycles. The summed E-state index contributed by atoms with van der Waals surface area (Å²) in [6.45, 7) is 0.113. The average Bonchev–Trinajstić information content (AvgIpc) is 3.38. The maximum atomic E-state index is 12.6. The predicted molar refractivity (Wildman–Crippen MR) is 110 cm³/mol. The molecule has 0 radical (unpaired) electrons. The van der Waals surface area contributed by atoms with Crippen molar-refractivity contribution < 1.29 is 33.7 Å². The summed E-state index contributed by atoms with van der Waals surface area (Å²) in [5.41, 5.74) is 1.16. The van der Waals surface area contributed by atoms with Crippen molar-refractivity contribution in [2.45, 2.75) is 18.9 Å². The Morgan fingerprint density at radius 3 is 2.84 bits per heavy atom. The Morgan fingerprint density at radius 2 is 2.06 bits per heavy atom. The fourth-order valence-corrected chi connectivity index (χ4v) is 3.69. The number of ether oxygens (including phenoxy) is 3. The second-order valence-corrected chi connectivity index (χ2v) is 7.25. The lowest BCUT2D eigenvalue weighted by Crippen LogP contribution is -2.42. The standard InChI is InChI=1S/C23H21NO7/c1-29-15-5-2-4-14(10-15)11-20-22(26)17-8-7-16(12-19(17)31-20)30-13-21(25)24-9-3-6-18(24)23(27)28/h2,4-5,7-8,10-12,18H,3,6,9,13H2,1H3,(H,27,28). The third kappa shape index (κ3) is 4.23. The number of carbonyl (C=O) groups excluding carboxylic acids is 2. The first-order valence-electron chi connectivity index (χ1n) is 9.83. The highest BCUT2D eigenvalue weighted by Gasteiger charge is 2.34. The highest BCUT2D eigenvalue weighted by atomic mass is 16.5. The molecule has 0 bridgehead atoms. The van der Waals surface area contributed by atoms with Gasteiger partial charge in [-0.15, -0.1) is 0 Å². The molecule has 0 aromatic heterocycles. The van der Waals surface area contributed by atoms with Crippen molar-refractivity contribution in [2.24, 2.45) is 0 Å². The first-order chi connectivity index (χ1) is 15.0. The molecule has 2 heterocycles. The second kappa shape index (κ2) is 8.51. The van der Waals surface area contributed by atoms with Gasteiger partial charge in [-0.1, -0.05) is 12.1 Å². The van der Waals surface area contributed by atoms with Crippen LogP contribution in [0.15, 0.2) is 48.2 Å². The summed E-state index contributed by atoms with van der Waals surface area (Å²) in [7, 11) is 1.57. The van der Waals surface area contributed by atoms with E-state index >= 15 is 0 Å². The van der Waals surface area contributed by atoms with E-state index in [2.05, 4.69) is 0 Å². The molecule has 1 N–H and O–H groups in total. The Morgan fingerprint density at radius 1 is 1.23 bits per heavy atom. The molecule has 8 nitrogen and oxygen atoms in total. The van der Waals surface area contributed by atoms with Gasteiger partial charge in [0.1, 0.15) is 23.3 Å². The van der Waals surface area contributed by atoms with Crippen LogP contribution in [0, 0.1) is 0 Å². The van der Waals surface area contributed by atoms with Crippen molar-refractivity contribution in [2.75, 3.05) is 20.3 Å². The average molecular weight is 423 g/mol. The maximum absolute atomic E-state index is 12.6. The third-order valence-corrected chi connectivity index (χ3v) is 5.25. The Hall–Kier alpha value is -3.81. The minimum Gasteiger partial charge on any atom is -0.497 e. The molecule has 1 unspecified atom stereocenters. The molecule has 0 spiro atoms. The van der Waals surface area contributed by atoms with Crippen LogP contribution < -0.4 is 14.2 Å². The summed E-state index contributed by atoms with van der Waals surface area (Å²) in [5, 5.41) is 9.21. The normalized spacial score (nSPS) is 18.6. The van der Waals surface area contributed by atoms with Crippen LogP contribution in [-0.2, 0) is 9.59 Å². The first kappa shape index (κ1) is 20.5. The van der Waals surface area contributed by atoms with Crippen molar-refractivity contribution in [3.8, 4) is 17.2 Å². The molecule has 0 saturated carbocycles. The van der Waals surface area contributed by atoms with Crippen LogP contribution in [0.2, 0.25) is 0 Å². The van der Waals surface area contributed by atoms with Crippen LogP contribution >= 0.6 is 0 Å². The maximum Gasteiger partial charge on any atom is 0.326 e. The minimum absolute atomic E-state index is 0.179. The summed E-state index contributed by atoms with van der Waals surface area (Å²) >= 11 is 0. The van der Waals surface area contributed by atoms with E-state index in [9.17, 15) is 19.5 Å². The number of fused-ring (bicyclic) bond motifs is 1. The number of carboxylic acid groups (broad SMARTS) is 1. The third-order valence-electron chi connectivity index (χ3n) is 5.25. The van der Waals surface area contributed by atoms with Crippen LogP contribution in [-0.4, -0.2) is 54.0 Å². The number of methoxy groups -OCH3 is 1. The van der Waals surface area contributed by atoms with Crippen molar-refractivity contribution in [1.29, 1.82) is 0 Å². The number of benzene rings is 2. The van der Waals surface area contributed by atoms with Gasteiger partial charge in [0.05, 0.1) is 12.7 Å². The Bertz CT molecular complexity index is 1080. The van der Waals surface area contributed by atoms with E-state index in [1.165, 1.54) is 4.90 Å². The van der Waals surface area contributed by atoms with Gasteiger partial charge in [-0.3, -0.25) is 9.59 Å². The number of carboxylic acids is 1. The minimum atomic E-state index is -1.01. The molecule has 0 aliphatic carbocycles. The molecule has 8 heteroatoms. The number of Topliss-reactive ketones (excluding diaryl/α,β-unsaturated/α-hetero) is 1. The van der Waals surface area contributed by atoms with Crippen molar-refractivity contribution in [3.63, 3.8) is 0 Å². The topological polar surface area (TPSA) is 102 Å². The van der Waals surface area contributed by atoms with Crippen molar-refractivity contribution in [1.82, 2.24) is 4.90 Å². The van der Waals surface area contributed by atoms with Gasteiger partial charge < -0.3 is 24.2 Å². The van der Waals surface area contributed by atoms with Gasteiger partial charge in [0.25, 0.3) is 5.91 Å². The van der Waals surface area contributed by atoms with Gasteiger partial charge in [-0.2, -0.15) is 0 Å². The molecule has 1 fully saturated rings. The van der Waals surface area contributed by atoms with E-state index in [1.54, 1.807) is 43.5 Å². The Labute approximate surface area is 178 Å². The molecule has 2 aliphatic rings. The lowest BCUT2D eigenvalue weighted by atomic mass is 10.1. The molecule has 2 aromatic carbocycles. The zero-order chi connectivity index (χ0) is 22.0. The van der Waals surface area contributed by atoms with Gasteiger partial charge in [-0.05, 0) is 48.7 Å². The van der Waals surface area contributed by atoms with Crippen molar-refractivity contribution >= 4 is 23.7 Å². The summed E-state index contributed by atoms with van der Waals surface area (Å²) in [6.07, 6.45) is 2.73. The van der Waals surface area contributed by atoms with Gasteiger partial charge in [0.15, 0.2) is 12.4 Å². The number of nitrogens with zero attached hydrogens (tertiary/aromatic N) is 1. The van der Waals surface area contributed by atoms with Gasteiger partial charge in [0.2, 0.25) is 5.78 Å². The summed E-state index contributed by atoms with van der Waals surface area (Å²) < 4.78 is 16.4. The number of rotatable bonds is 6. The van der Waals surface area contributed by atoms with E-state index in [0.29, 0.717) is 42.2 Å². The van der Waals surface area contributed by atoms with E-state index in [1.807, 2.05) is 12.1 Å². The smallest absolute Gasteiger partial charge is 0.326 e. The summed E-state index contributed by atoms with van der Waals surface area (Å²) in [4.78, 5) is 37.6. The fourth-order valence-electron chi connectivity index (χ4n) is 3.69. The number of likely N-dealkylation sites (tertiary alicyclic amines) is 1. The molecule has 160 valence electrons. The Kier molecular flexibility index (Phi) is 5.62. The highest BCUT2D eigenvalue weighted by Crippen LogP contribution is 2.35. The summed E-state index contributed by atoms with van der Waals surface area (Å²) in [5.74, 6) is -0.102. The number of ketones is 1. The molecular weight excluding hydrogens is 402 g/mol. The highest BCUT2D eigenvalue weighted by molar-refractivity contribution is 6.14. The van der Waals surface area contributed by atoms with Gasteiger partial charge >= 0.3 is 5.97 Å². The quantitative estimate of drug-likeness (QED) is 0.713. The molecule has 4 rings (SSSR count). The zero-order valence-corrected chi connectivity index (χ0v) is 16.9. The molecule has 2 aliphatic heterocycles. The van der Waals surface area contributed by atoms with Gasteiger partial charge in [0, 0.05) is 12.6 Å². The van der Waals surface area contributed by atoms with Crippen LogP contribution in [0.4, 0.5) is 0 Å². The zero-order valence-electron chi connectivity index (χ0n) is 16.9.